The Morgan fingerprint density at radius 2 is 1.84 bits per heavy atom. The smallest absolute Gasteiger partial charge is 0.352 e. The van der Waals surface area contributed by atoms with Gasteiger partial charge in [0.2, 0.25) is 5.91 Å². The Morgan fingerprint density at radius 3 is 2.40 bits per heavy atom. The molecule has 2 aromatic rings. The topological polar surface area (TPSA) is 74.8 Å². The number of nitrogens with zero attached hydrogens (tertiary/aromatic N) is 1. The van der Waals surface area contributed by atoms with Crippen molar-refractivity contribution in [2.45, 2.75) is 39.4 Å². The number of aryl methyl sites for hydroxylation is 2. The Kier molecular flexibility index (Phi) is 5.61. The zero-order valence-electron chi connectivity index (χ0n) is 13.8. The molecule has 134 valence electrons. The van der Waals surface area contributed by atoms with E-state index in [2.05, 4.69) is 15.3 Å². The highest BCUT2D eigenvalue weighted by atomic mass is 19.4. The van der Waals surface area contributed by atoms with Gasteiger partial charge in [0.05, 0.1) is 5.56 Å². The predicted octanol–water partition coefficient (Wildman–Crippen LogP) is 2.65. The van der Waals surface area contributed by atoms with Gasteiger partial charge in [0.1, 0.15) is 5.82 Å². The summed E-state index contributed by atoms with van der Waals surface area (Å²) >= 11 is 0. The van der Waals surface area contributed by atoms with Gasteiger partial charge in [-0.1, -0.05) is 12.1 Å². The molecule has 2 N–H and O–H groups in total. The third kappa shape index (κ3) is 5.17. The van der Waals surface area contributed by atoms with Gasteiger partial charge in [0.25, 0.3) is 5.56 Å². The summed E-state index contributed by atoms with van der Waals surface area (Å²) in [5.74, 6) is 0.220. The van der Waals surface area contributed by atoms with E-state index in [0.29, 0.717) is 22.6 Å². The number of nitrogens with one attached hydrogen (secondary N) is 2. The minimum absolute atomic E-state index is 0.0926. The van der Waals surface area contributed by atoms with Crippen LogP contribution in [0, 0.1) is 13.8 Å². The molecule has 0 saturated heterocycles. The first-order valence-corrected chi connectivity index (χ1v) is 7.66. The van der Waals surface area contributed by atoms with Crippen molar-refractivity contribution in [2.24, 2.45) is 0 Å². The second-order valence-electron chi connectivity index (χ2n) is 5.69. The fourth-order valence-corrected chi connectivity index (χ4v) is 2.38. The Balaban J connectivity index is 1.88. The molecule has 0 saturated carbocycles. The van der Waals surface area contributed by atoms with Crippen LogP contribution in [0.2, 0.25) is 0 Å². The number of hydrogen-bond donors (Lipinski definition) is 2. The Labute approximate surface area is 142 Å². The van der Waals surface area contributed by atoms with Crippen molar-refractivity contribution in [1.82, 2.24) is 15.3 Å². The maximum Gasteiger partial charge on any atom is 0.416 e. The number of amides is 1. The first-order valence-electron chi connectivity index (χ1n) is 7.66. The lowest BCUT2D eigenvalue weighted by molar-refractivity contribution is -0.137. The third-order valence-electron chi connectivity index (χ3n) is 3.71. The molecule has 8 heteroatoms. The van der Waals surface area contributed by atoms with Crippen molar-refractivity contribution in [2.75, 3.05) is 0 Å². The monoisotopic (exact) mass is 353 g/mol. The fraction of sp³-hybridized carbons (Fsp3) is 0.353. The normalized spacial score (nSPS) is 11.4. The summed E-state index contributed by atoms with van der Waals surface area (Å²) < 4.78 is 37.4. The van der Waals surface area contributed by atoms with Crippen LogP contribution in [0.4, 0.5) is 13.2 Å². The van der Waals surface area contributed by atoms with Gasteiger partial charge < -0.3 is 10.3 Å². The molecular formula is C17H18F3N3O2. The second-order valence-corrected chi connectivity index (χ2v) is 5.69. The van der Waals surface area contributed by atoms with Crippen molar-refractivity contribution in [3.8, 4) is 0 Å². The third-order valence-corrected chi connectivity index (χ3v) is 3.71. The largest absolute Gasteiger partial charge is 0.416 e. The van der Waals surface area contributed by atoms with E-state index in [0.717, 1.165) is 12.1 Å². The number of rotatable bonds is 5. The Hall–Kier alpha value is -2.64. The maximum atomic E-state index is 12.5. The van der Waals surface area contributed by atoms with Crippen LogP contribution in [-0.2, 0) is 23.9 Å². The lowest BCUT2D eigenvalue weighted by Crippen LogP contribution is -2.25. The molecule has 0 atom stereocenters. The predicted molar refractivity (Wildman–Crippen MR) is 85.9 cm³/mol. The lowest BCUT2D eigenvalue weighted by atomic mass is 10.1. The molecule has 0 aliphatic carbocycles. The minimum atomic E-state index is -4.38. The van der Waals surface area contributed by atoms with Gasteiger partial charge >= 0.3 is 6.18 Å². The summed E-state index contributed by atoms with van der Waals surface area (Å²) in [6.07, 6.45) is -4.04. The molecule has 1 aromatic carbocycles. The number of halogens is 3. The molecule has 25 heavy (non-hydrogen) atoms. The van der Waals surface area contributed by atoms with Crippen LogP contribution in [-0.4, -0.2) is 15.9 Å². The fourth-order valence-electron chi connectivity index (χ4n) is 2.38. The molecule has 2 rings (SSSR count). The highest BCUT2D eigenvalue weighted by Crippen LogP contribution is 2.29. The number of aromatic amines is 1. The van der Waals surface area contributed by atoms with E-state index < -0.39 is 11.7 Å². The van der Waals surface area contributed by atoms with Crippen molar-refractivity contribution < 1.29 is 18.0 Å². The Morgan fingerprint density at radius 1 is 1.20 bits per heavy atom. The standard InChI is InChI=1S/C17H18F3N3O2/c1-10-14(16(25)23-11(2)22-10)7-8-15(24)21-9-12-3-5-13(6-4-12)17(18,19)20/h3-6H,7-9H2,1-2H3,(H,21,24)(H,22,23,25). The average Bonchev–Trinajstić information content (AvgIpc) is 2.51. The van der Waals surface area contributed by atoms with Crippen LogP contribution in [0.1, 0.15) is 34.6 Å². The molecule has 1 heterocycles. The molecule has 1 amide bonds. The molecule has 1 aromatic heterocycles. The number of hydrogen-bond acceptors (Lipinski definition) is 3. The van der Waals surface area contributed by atoms with Gasteiger partial charge in [0, 0.05) is 24.2 Å². The van der Waals surface area contributed by atoms with E-state index in [1.165, 1.54) is 12.1 Å². The second kappa shape index (κ2) is 7.50. The SMILES string of the molecule is Cc1nc(C)c(CCC(=O)NCc2ccc(C(F)(F)F)cc2)c(=O)[nH]1. The van der Waals surface area contributed by atoms with Gasteiger partial charge in [-0.3, -0.25) is 9.59 Å². The Bertz CT molecular complexity index is 811. The van der Waals surface area contributed by atoms with Crippen LogP contribution in [0.3, 0.4) is 0 Å². The van der Waals surface area contributed by atoms with E-state index in [-0.39, 0.29) is 30.9 Å². The zero-order valence-corrected chi connectivity index (χ0v) is 13.8. The van der Waals surface area contributed by atoms with Gasteiger partial charge in [-0.2, -0.15) is 13.2 Å². The average molecular weight is 353 g/mol. The molecule has 0 aliphatic heterocycles. The highest BCUT2D eigenvalue weighted by molar-refractivity contribution is 5.76. The minimum Gasteiger partial charge on any atom is -0.352 e. The molecule has 5 nitrogen and oxygen atoms in total. The number of carbonyl (C=O) groups excluding carboxylic acids is 1. The molecule has 0 spiro atoms. The van der Waals surface area contributed by atoms with Crippen molar-refractivity contribution in [3.05, 3.63) is 62.8 Å². The summed E-state index contributed by atoms with van der Waals surface area (Å²) in [6, 6.07) is 4.59. The first-order chi connectivity index (χ1) is 11.7. The number of aromatic nitrogens is 2. The quantitative estimate of drug-likeness (QED) is 0.868. The number of benzene rings is 1. The van der Waals surface area contributed by atoms with E-state index >= 15 is 0 Å². The molecule has 0 bridgehead atoms. The van der Waals surface area contributed by atoms with Crippen molar-refractivity contribution >= 4 is 5.91 Å². The zero-order chi connectivity index (χ0) is 18.6. The van der Waals surface area contributed by atoms with Crippen LogP contribution in [0.25, 0.3) is 0 Å². The van der Waals surface area contributed by atoms with Crippen LogP contribution >= 0.6 is 0 Å². The van der Waals surface area contributed by atoms with Crippen LogP contribution < -0.4 is 10.9 Å². The number of alkyl halides is 3. The van der Waals surface area contributed by atoms with Gasteiger partial charge in [-0.25, -0.2) is 4.98 Å². The molecule has 0 aliphatic rings. The number of carbonyl (C=O) groups is 1. The van der Waals surface area contributed by atoms with Crippen molar-refractivity contribution in [1.29, 1.82) is 0 Å². The summed E-state index contributed by atoms with van der Waals surface area (Å²) in [7, 11) is 0. The van der Waals surface area contributed by atoms with Crippen LogP contribution in [0.15, 0.2) is 29.1 Å². The van der Waals surface area contributed by atoms with E-state index in [1.807, 2.05) is 0 Å². The maximum absolute atomic E-state index is 12.5. The number of H-pyrrole nitrogens is 1. The van der Waals surface area contributed by atoms with Gasteiger partial charge in [-0.05, 0) is 38.0 Å². The van der Waals surface area contributed by atoms with E-state index in [1.54, 1.807) is 13.8 Å². The highest BCUT2D eigenvalue weighted by Gasteiger charge is 2.29. The molecule has 0 radical (unpaired) electrons. The lowest BCUT2D eigenvalue weighted by Gasteiger charge is -2.09. The summed E-state index contributed by atoms with van der Waals surface area (Å²) in [5.41, 5.74) is 0.601. The van der Waals surface area contributed by atoms with Crippen molar-refractivity contribution in [3.63, 3.8) is 0 Å². The molecule has 0 unspecified atom stereocenters. The van der Waals surface area contributed by atoms with Crippen LogP contribution in [0.5, 0.6) is 0 Å². The first kappa shape index (κ1) is 18.7. The van der Waals surface area contributed by atoms with Gasteiger partial charge in [-0.15, -0.1) is 0 Å². The summed E-state index contributed by atoms with van der Waals surface area (Å²) in [6.45, 7) is 3.51. The van der Waals surface area contributed by atoms with E-state index in [9.17, 15) is 22.8 Å². The van der Waals surface area contributed by atoms with E-state index in [4.69, 9.17) is 0 Å². The van der Waals surface area contributed by atoms with Gasteiger partial charge in [0.15, 0.2) is 0 Å². The summed E-state index contributed by atoms with van der Waals surface area (Å²) in [4.78, 5) is 30.5. The molecular weight excluding hydrogens is 335 g/mol. The molecule has 0 fully saturated rings. The summed E-state index contributed by atoms with van der Waals surface area (Å²) in [5, 5.41) is 2.62.